The maximum atomic E-state index is 13.1. The number of hydrogen-bond acceptors (Lipinski definition) is 5. The summed E-state index contributed by atoms with van der Waals surface area (Å²) >= 11 is 1.27. The molecule has 150 valence electrons. The molecule has 1 atom stereocenters. The summed E-state index contributed by atoms with van der Waals surface area (Å²) in [6.07, 6.45) is 1.75. The molecule has 0 spiro atoms. The third-order valence-corrected chi connectivity index (χ3v) is 5.50. The summed E-state index contributed by atoms with van der Waals surface area (Å²) in [5.74, 6) is 0.448. The fourth-order valence-electron chi connectivity index (χ4n) is 2.80. The summed E-state index contributed by atoms with van der Waals surface area (Å²) in [7, 11) is 3.20. The van der Waals surface area contributed by atoms with E-state index >= 15 is 0 Å². The molecule has 0 saturated heterocycles. The molecular formula is C22H23N3O3S. The summed E-state index contributed by atoms with van der Waals surface area (Å²) in [5, 5.41) is 2.78. The van der Waals surface area contributed by atoms with Gasteiger partial charge in [0.15, 0.2) is 5.17 Å². The van der Waals surface area contributed by atoms with Crippen molar-refractivity contribution in [3.8, 4) is 5.75 Å². The predicted octanol–water partition coefficient (Wildman–Crippen LogP) is 3.30. The quantitative estimate of drug-likeness (QED) is 0.743. The summed E-state index contributed by atoms with van der Waals surface area (Å²) in [6.45, 7) is 2.19. The van der Waals surface area contributed by atoms with Gasteiger partial charge in [0.05, 0.1) is 18.9 Å². The van der Waals surface area contributed by atoms with E-state index in [2.05, 4.69) is 10.3 Å². The van der Waals surface area contributed by atoms with Crippen LogP contribution in [0.1, 0.15) is 18.1 Å². The highest BCUT2D eigenvalue weighted by Gasteiger charge is 2.32. The first-order valence-electron chi connectivity index (χ1n) is 9.20. The van der Waals surface area contributed by atoms with Crippen LogP contribution in [0.3, 0.4) is 0 Å². The minimum Gasteiger partial charge on any atom is -0.497 e. The van der Waals surface area contributed by atoms with Gasteiger partial charge in [-0.2, -0.15) is 0 Å². The summed E-state index contributed by atoms with van der Waals surface area (Å²) < 4.78 is 5.17. The lowest BCUT2D eigenvalue weighted by molar-refractivity contribution is -0.123. The number of methoxy groups -OCH3 is 1. The van der Waals surface area contributed by atoms with Crippen molar-refractivity contribution >= 4 is 34.8 Å². The van der Waals surface area contributed by atoms with E-state index in [-0.39, 0.29) is 17.1 Å². The minimum absolute atomic E-state index is 0.114. The number of amidine groups is 1. The average molecular weight is 410 g/mol. The first kappa shape index (κ1) is 20.7. The number of aliphatic imine (C=N–C) groups is 1. The number of carbonyl (C=O) groups excluding carboxylic acids is 2. The molecule has 1 heterocycles. The van der Waals surface area contributed by atoms with E-state index in [9.17, 15) is 9.59 Å². The van der Waals surface area contributed by atoms with Gasteiger partial charge in [0.25, 0.3) is 5.91 Å². The van der Waals surface area contributed by atoms with Gasteiger partial charge >= 0.3 is 0 Å². The Morgan fingerprint density at radius 3 is 2.52 bits per heavy atom. The Balaban J connectivity index is 1.89. The van der Waals surface area contributed by atoms with Crippen LogP contribution in [0.5, 0.6) is 5.75 Å². The van der Waals surface area contributed by atoms with Crippen LogP contribution < -0.4 is 10.1 Å². The molecule has 6 nitrogen and oxygen atoms in total. The van der Waals surface area contributed by atoms with E-state index in [1.165, 1.54) is 11.8 Å². The van der Waals surface area contributed by atoms with E-state index in [1.807, 2.05) is 54.6 Å². The van der Waals surface area contributed by atoms with E-state index in [0.29, 0.717) is 17.4 Å². The lowest BCUT2D eigenvalue weighted by Crippen LogP contribution is -2.34. The third kappa shape index (κ3) is 5.06. The summed E-state index contributed by atoms with van der Waals surface area (Å²) in [5.41, 5.74) is 2.19. The highest BCUT2D eigenvalue weighted by Crippen LogP contribution is 2.28. The molecule has 0 aromatic heterocycles. The number of nitrogens with one attached hydrogen (secondary N) is 1. The third-order valence-electron chi connectivity index (χ3n) is 4.41. The van der Waals surface area contributed by atoms with E-state index in [4.69, 9.17) is 4.74 Å². The van der Waals surface area contributed by atoms with Crippen molar-refractivity contribution in [2.24, 2.45) is 4.99 Å². The first-order valence-corrected chi connectivity index (χ1v) is 10.1. The molecule has 0 bridgehead atoms. The number of hydrogen-bond donors (Lipinski definition) is 1. The number of amides is 2. The van der Waals surface area contributed by atoms with E-state index in [0.717, 1.165) is 16.9 Å². The molecule has 1 aliphatic heterocycles. The zero-order chi connectivity index (χ0) is 20.8. The molecule has 0 unspecified atom stereocenters. The van der Waals surface area contributed by atoms with Crippen molar-refractivity contribution < 1.29 is 14.3 Å². The van der Waals surface area contributed by atoms with Crippen molar-refractivity contribution in [2.75, 3.05) is 14.2 Å². The Bertz CT molecular complexity index is 940. The normalized spacial score (nSPS) is 16.0. The maximum Gasteiger partial charge on any atom is 0.278 e. The Hall–Kier alpha value is -3.06. The van der Waals surface area contributed by atoms with Crippen LogP contribution in [0, 0.1) is 0 Å². The molecule has 0 aliphatic carbocycles. The van der Waals surface area contributed by atoms with Gasteiger partial charge in [0.2, 0.25) is 5.91 Å². The molecule has 7 heteroatoms. The van der Waals surface area contributed by atoms with Crippen molar-refractivity contribution in [3.63, 3.8) is 0 Å². The first-order chi connectivity index (χ1) is 14.0. The molecule has 2 amide bonds. The zero-order valence-electron chi connectivity index (χ0n) is 16.6. The van der Waals surface area contributed by atoms with Crippen molar-refractivity contribution in [3.05, 3.63) is 71.4 Å². The molecule has 0 fully saturated rings. The second-order valence-electron chi connectivity index (χ2n) is 6.45. The number of benzene rings is 2. The van der Waals surface area contributed by atoms with Crippen LogP contribution in [-0.4, -0.2) is 41.3 Å². The van der Waals surface area contributed by atoms with Gasteiger partial charge in [-0.05, 0) is 36.3 Å². The molecule has 0 radical (unpaired) electrons. The monoisotopic (exact) mass is 409 g/mol. The molecule has 29 heavy (non-hydrogen) atoms. The van der Waals surface area contributed by atoms with Crippen LogP contribution in [0.2, 0.25) is 0 Å². The van der Waals surface area contributed by atoms with Gasteiger partial charge in [0, 0.05) is 7.05 Å². The number of nitrogens with zero attached hydrogens (tertiary/aromatic N) is 2. The van der Waals surface area contributed by atoms with Gasteiger partial charge in [-0.3, -0.25) is 14.5 Å². The van der Waals surface area contributed by atoms with Gasteiger partial charge in [-0.25, -0.2) is 4.99 Å². The molecule has 3 rings (SSSR count). The average Bonchev–Trinajstić information content (AvgIpc) is 3.03. The molecular weight excluding hydrogens is 386 g/mol. The lowest BCUT2D eigenvalue weighted by Gasteiger charge is -2.19. The minimum atomic E-state index is -0.370. The van der Waals surface area contributed by atoms with Crippen molar-refractivity contribution in [1.29, 1.82) is 0 Å². The second kappa shape index (κ2) is 9.43. The highest BCUT2D eigenvalue weighted by molar-refractivity contribution is 8.14. The number of thioether (sulfide) groups is 1. The highest BCUT2D eigenvalue weighted by atomic mass is 32.2. The van der Waals surface area contributed by atoms with Crippen molar-refractivity contribution in [1.82, 2.24) is 10.2 Å². The zero-order valence-corrected chi connectivity index (χ0v) is 17.4. The van der Waals surface area contributed by atoms with Gasteiger partial charge < -0.3 is 10.1 Å². The fraction of sp³-hybridized carbons (Fsp3) is 0.227. The summed E-state index contributed by atoms with van der Waals surface area (Å²) in [4.78, 5) is 31.2. The smallest absolute Gasteiger partial charge is 0.278 e. The second-order valence-corrected chi connectivity index (χ2v) is 7.76. The SMILES string of the molecule is CNC(=O)[C@@H](C)SC1=N/C(=C\c2ccc(OC)cc2)C(=O)N1Cc1ccccc1. The van der Waals surface area contributed by atoms with Crippen molar-refractivity contribution in [2.45, 2.75) is 18.7 Å². The fourth-order valence-corrected chi connectivity index (χ4v) is 3.77. The Labute approximate surface area is 174 Å². The van der Waals surface area contributed by atoms with Crippen LogP contribution in [0.25, 0.3) is 6.08 Å². The molecule has 1 N–H and O–H groups in total. The summed E-state index contributed by atoms with van der Waals surface area (Å²) in [6, 6.07) is 17.1. The van der Waals surface area contributed by atoms with Crippen LogP contribution in [0.15, 0.2) is 65.3 Å². The molecule has 1 aliphatic rings. The van der Waals surface area contributed by atoms with E-state index < -0.39 is 0 Å². The standard InChI is InChI=1S/C22H23N3O3S/c1-15(20(26)23-2)29-22-24-19(13-16-9-11-18(28-3)12-10-16)21(27)25(22)14-17-7-5-4-6-8-17/h4-13,15H,14H2,1-3H3,(H,23,26)/b19-13-/t15-/m1/s1. The molecule has 0 saturated carbocycles. The Morgan fingerprint density at radius 1 is 1.21 bits per heavy atom. The van der Waals surface area contributed by atoms with Crippen LogP contribution >= 0.6 is 11.8 Å². The van der Waals surface area contributed by atoms with Gasteiger partial charge in [-0.1, -0.05) is 54.2 Å². The Kier molecular flexibility index (Phi) is 6.72. The number of ether oxygens (including phenoxy) is 1. The largest absolute Gasteiger partial charge is 0.497 e. The van der Waals surface area contributed by atoms with Crippen LogP contribution in [0.4, 0.5) is 0 Å². The topological polar surface area (TPSA) is 71.0 Å². The number of rotatable bonds is 6. The molecule has 2 aromatic rings. The Morgan fingerprint density at radius 2 is 1.90 bits per heavy atom. The molecule has 2 aromatic carbocycles. The number of carbonyl (C=O) groups is 2. The van der Waals surface area contributed by atoms with E-state index in [1.54, 1.807) is 32.1 Å². The lowest BCUT2D eigenvalue weighted by atomic mass is 10.1. The predicted molar refractivity (Wildman–Crippen MR) is 117 cm³/mol. The maximum absolute atomic E-state index is 13.1. The van der Waals surface area contributed by atoms with Crippen LogP contribution in [-0.2, 0) is 16.1 Å². The van der Waals surface area contributed by atoms with Gasteiger partial charge in [0.1, 0.15) is 11.4 Å². The van der Waals surface area contributed by atoms with Gasteiger partial charge in [-0.15, -0.1) is 0 Å².